The average Bonchev–Trinajstić information content (AvgIpc) is 2.37. The molecule has 1 aliphatic rings. The van der Waals surface area contributed by atoms with Gasteiger partial charge in [0.05, 0.1) is 12.1 Å². The Morgan fingerprint density at radius 3 is 2.85 bits per heavy atom. The fourth-order valence-corrected chi connectivity index (χ4v) is 2.15. The largest absolute Gasteiger partial charge is 0.448 e. The van der Waals surface area contributed by atoms with E-state index in [2.05, 4.69) is 4.99 Å². The predicted molar refractivity (Wildman–Crippen MR) is 69.7 cm³/mol. The summed E-state index contributed by atoms with van der Waals surface area (Å²) in [5.74, 6) is 0.136. The summed E-state index contributed by atoms with van der Waals surface area (Å²) in [7, 11) is 0. The number of aliphatic hydroxyl groups excluding tert-OH is 2. The molecule has 0 aliphatic carbocycles. The van der Waals surface area contributed by atoms with Gasteiger partial charge in [-0.1, -0.05) is 12.1 Å². The molecule has 0 saturated heterocycles. The highest BCUT2D eigenvalue weighted by Crippen LogP contribution is 2.23. The standard InChI is InChI=1S/C14H17F2NO3/c1-8(18)5-11-7-12(19)20-14(17-11)10-4-2-3-9(6-10)13(15)16/h2-4,6,8,11-13,18-19H,5,7H2,1H3. The zero-order chi connectivity index (χ0) is 14.7. The van der Waals surface area contributed by atoms with E-state index in [9.17, 15) is 19.0 Å². The molecular weight excluding hydrogens is 268 g/mol. The number of ether oxygens (including phenoxy) is 1. The fraction of sp³-hybridized carbons (Fsp3) is 0.500. The molecule has 1 aromatic rings. The highest BCUT2D eigenvalue weighted by Gasteiger charge is 2.25. The molecular formula is C14H17F2NO3. The van der Waals surface area contributed by atoms with Crippen LogP contribution in [0.25, 0.3) is 0 Å². The quantitative estimate of drug-likeness (QED) is 0.892. The van der Waals surface area contributed by atoms with Crippen molar-refractivity contribution in [1.29, 1.82) is 0 Å². The van der Waals surface area contributed by atoms with E-state index >= 15 is 0 Å². The zero-order valence-electron chi connectivity index (χ0n) is 11.0. The topological polar surface area (TPSA) is 62.0 Å². The van der Waals surface area contributed by atoms with Gasteiger partial charge in [-0.25, -0.2) is 13.8 Å². The number of aliphatic hydroxyl groups is 2. The second-order valence-corrected chi connectivity index (χ2v) is 4.91. The van der Waals surface area contributed by atoms with Gasteiger partial charge < -0.3 is 14.9 Å². The molecule has 20 heavy (non-hydrogen) atoms. The molecule has 0 radical (unpaired) electrons. The van der Waals surface area contributed by atoms with Crippen molar-refractivity contribution < 1.29 is 23.7 Å². The number of nitrogens with zero attached hydrogens (tertiary/aromatic N) is 1. The number of halogens is 2. The maximum atomic E-state index is 12.7. The van der Waals surface area contributed by atoms with Crippen LogP contribution in [0.2, 0.25) is 0 Å². The van der Waals surface area contributed by atoms with Crippen molar-refractivity contribution in [2.75, 3.05) is 0 Å². The Hall–Kier alpha value is -1.53. The van der Waals surface area contributed by atoms with Crippen LogP contribution in [0.3, 0.4) is 0 Å². The van der Waals surface area contributed by atoms with Gasteiger partial charge in [0.2, 0.25) is 12.2 Å². The summed E-state index contributed by atoms with van der Waals surface area (Å²) < 4.78 is 30.6. The molecule has 3 atom stereocenters. The maximum absolute atomic E-state index is 12.7. The first-order valence-corrected chi connectivity index (χ1v) is 6.44. The minimum absolute atomic E-state index is 0.124. The molecule has 3 unspecified atom stereocenters. The van der Waals surface area contributed by atoms with Crippen molar-refractivity contribution in [3.05, 3.63) is 35.4 Å². The first kappa shape index (κ1) is 14.9. The van der Waals surface area contributed by atoms with Gasteiger partial charge in [0.25, 0.3) is 6.43 Å². The van der Waals surface area contributed by atoms with Crippen LogP contribution in [0, 0.1) is 0 Å². The molecule has 2 rings (SSSR count). The first-order chi connectivity index (χ1) is 9.45. The highest BCUT2D eigenvalue weighted by molar-refractivity contribution is 5.94. The molecule has 0 amide bonds. The lowest BCUT2D eigenvalue weighted by atomic mass is 10.0. The van der Waals surface area contributed by atoms with Crippen LogP contribution in [-0.4, -0.2) is 34.5 Å². The Kier molecular flexibility index (Phi) is 4.67. The lowest BCUT2D eigenvalue weighted by Crippen LogP contribution is -2.31. The Morgan fingerprint density at radius 1 is 1.45 bits per heavy atom. The summed E-state index contributed by atoms with van der Waals surface area (Å²) in [6.07, 6.45) is -3.50. The molecule has 0 spiro atoms. The first-order valence-electron chi connectivity index (χ1n) is 6.44. The summed E-state index contributed by atoms with van der Waals surface area (Å²) in [6.45, 7) is 1.63. The third-order valence-corrected chi connectivity index (χ3v) is 3.02. The van der Waals surface area contributed by atoms with Gasteiger partial charge in [-0.15, -0.1) is 0 Å². The second-order valence-electron chi connectivity index (χ2n) is 4.91. The van der Waals surface area contributed by atoms with E-state index in [1.54, 1.807) is 13.0 Å². The summed E-state index contributed by atoms with van der Waals surface area (Å²) in [5, 5.41) is 19.0. The third-order valence-electron chi connectivity index (χ3n) is 3.02. The van der Waals surface area contributed by atoms with E-state index in [1.165, 1.54) is 18.2 Å². The molecule has 0 saturated carbocycles. The smallest absolute Gasteiger partial charge is 0.263 e. The van der Waals surface area contributed by atoms with Crippen molar-refractivity contribution in [2.45, 2.75) is 44.6 Å². The summed E-state index contributed by atoms with van der Waals surface area (Å²) in [4.78, 5) is 4.27. The van der Waals surface area contributed by atoms with Crippen LogP contribution in [0.15, 0.2) is 29.3 Å². The van der Waals surface area contributed by atoms with Crippen LogP contribution in [0.1, 0.15) is 37.3 Å². The minimum Gasteiger partial charge on any atom is -0.448 e. The predicted octanol–water partition coefficient (Wildman–Crippen LogP) is 2.25. The highest BCUT2D eigenvalue weighted by atomic mass is 19.3. The molecule has 2 N–H and O–H groups in total. The number of rotatable bonds is 4. The van der Waals surface area contributed by atoms with Gasteiger partial charge >= 0.3 is 0 Å². The summed E-state index contributed by atoms with van der Waals surface area (Å²) >= 11 is 0. The summed E-state index contributed by atoms with van der Waals surface area (Å²) in [6, 6.07) is 5.42. The summed E-state index contributed by atoms with van der Waals surface area (Å²) in [5.41, 5.74) is 0.276. The SMILES string of the molecule is CC(O)CC1CC(O)OC(c2cccc(C(F)F)c2)=N1. The molecule has 0 aromatic heterocycles. The van der Waals surface area contributed by atoms with E-state index in [0.717, 1.165) is 0 Å². The number of benzene rings is 1. The molecule has 1 aromatic carbocycles. The van der Waals surface area contributed by atoms with Crippen LogP contribution in [0.5, 0.6) is 0 Å². The van der Waals surface area contributed by atoms with Gasteiger partial charge in [-0.3, -0.25) is 0 Å². The van der Waals surface area contributed by atoms with Gasteiger partial charge in [-0.2, -0.15) is 0 Å². The van der Waals surface area contributed by atoms with Crippen molar-refractivity contribution in [3.63, 3.8) is 0 Å². The Morgan fingerprint density at radius 2 is 2.20 bits per heavy atom. The lowest BCUT2D eigenvalue weighted by Gasteiger charge is -2.26. The molecule has 110 valence electrons. The molecule has 4 nitrogen and oxygen atoms in total. The zero-order valence-corrected chi connectivity index (χ0v) is 11.0. The van der Waals surface area contributed by atoms with Crippen LogP contribution >= 0.6 is 0 Å². The number of aliphatic imine (C=N–C) groups is 1. The maximum Gasteiger partial charge on any atom is 0.263 e. The van der Waals surface area contributed by atoms with E-state index < -0.39 is 18.8 Å². The van der Waals surface area contributed by atoms with Gasteiger partial charge in [0.15, 0.2) is 0 Å². The van der Waals surface area contributed by atoms with Crippen LogP contribution < -0.4 is 0 Å². The monoisotopic (exact) mass is 285 g/mol. The normalized spacial score (nSPS) is 24.2. The van der Waals surface area contributed by atoms with Gasteiger partial charge in [0.1, 0.15) is 0 Å². The molecule has 0 bridgehead atoms. The molecule has 0 fully saturated rings. The van der Waals surface area contributed by atoms with E-state index in [0.29, 0.717) is 12.0 Å². The average molecular weight is 285 g/mol. The van der Waals surface area contributed by atoms with Crippen LogP contribution in [-0.2, 0) is 4.74 Å². The number of hydrogen-bond acceptors (Lipinski definition) is 4. The molecule has 6 heteroatoms. The van der Waals surface area contributed by atoms with Crippen molar-refractivity contribution in [2.24, 2.45) is 4.99 Å². The van der Waals surface area contributed by atoms with E-state index in [-0.39, 0.29) is 23.9 Å². The molecule has 1 aliphatic heterocycles. The van der Waals surface area contributed by atoms with Gasteiger partial charge in [0, 0.05) is 17.5 Å². The Balaban J connectivity index is 2.25. The van der Waals surface area contributed by atoms with E-state index in [1.807, 2.05) is 0 Å². The fourth-order valence-electron chi connectivity index (χ4n) is 2.15. The van der Waals surface area contributed by atoms with Crippen LogP contribution in [0.4, 0.5) is 8.78 Å². The molecule has 1 heterocycles. The number of hydrogen-bond donors (Lipinski definition) is 2. The second kappa shape index (κ2) is 6.28. The Bertz CT molecular complexity index is 491. The van der Waals surface area contributed by atoms with E-state index in [4.69, 9.17) is 4.74 Å². The van der Waals surface area contributed by atoms with Gasteiger partial charge in [-0.05, 0) is 25.5 Å². The minimum atomic E-state index is -2.57. The van der Waals surface area contributed by atoms with Crippen molar-refractivity contribution in [1.82, 2.24) is 0 Å². The third kappa shape index (κ3) is 3.74. The van der Waals surface area contributed by atoms with Crippen molar-refractivity contribution >= 4 is 5.90 Å². The Labute approximate surface area is 115 Å². The number of alkyl halides is 2. The lowest BCUT2D eigenvalue weighted by molar-refractivity contribution is -0.0488. The van der Waals surface area contributed by atoms with Crippen molar-refractivity contribution in [3.8, 4) is 0 Å².